The number of halogens is 1. The molecule has 0 fully saturated rings. The van der Waals surface area contributed by atoms with Crippen molar-refractivity contribution >= 4 is 34.2 Å². The van der Waals surface area contributed by atoms with E-state index in [9.17, 15) is 4.79 Å². The highest BCUT2D eigenvalue weighted by Crippen LogP contribution is 2.46. The highest BCUT2D eigenvalue weighted by atomic mass is 35.5. The van der Waals surface area contributed by atoms with E-state index >= 15 is 0 Å². The normalized spacial score (nSPS) is 15.8. The molecule has 4 nitrogen and oxygen atoms in total. The predicted octanol–water partition coefficient (Wildman–Crippen LogP) is 6.80. The summed E-state index contributed by atoms with van der Waals surface area (Å²) < 4.78 is 12.0. The highest BCUT2D eigenvalue weighted by Gasteiger charge is 2.37. The van der Waals surface area contributed by atoms with Gasteiger partial charge in [-0.15, -0.1) is 11.6 Å². The van der Waals surface area contributed by atoms with E-state index in [2.05, 4.69) is 19.1 Å². The predicted molar refractivity (Wildman–Crippen MR) is 127 cm³/mol. The van der Waals surface area contributed by atoms with Crippen molar-refractivity contribution in [3.8, 4) is 5.75 Å². The molecule has 0 aliphatic carbocycles. The molecule has 3 aromatic carbocycles. The van der Waals surface area contributed by atoms with Crippen LogP contribution in [0.3, 0.4) is 0 Å². The Balaban J connectivity index is 1.82. The van der Waals surface area contributed by atoms with Crippen molar-refractivity contribution < 1.29 is 14.3 Å². The number of amides is 1. The number of nitrogens with zero attached hydrogens (tertiary/aromatic N) is 1. The van der Waals surface area contributed by atoms with E-state index in [1.165, 1.54) is 0 Å². The van der Waals surface area contributed by atoms with Gasteiger partial charge in [0, 0.05) is 29.8 Å². The molecule has 1 unspecified atom stereocenters. The second-order valence-electron chi connectivity index (χ2n) is 9.02. The van der Waals surface area contributed by atoms with Gasteiger partial charge in [0.15, 0.2) is 0 Å². The number of aryl methyl sites for hydroxylation is 1. The number of benzene rings is 3. The average Bonchev–Trinajstić information content (AvgIpc) is 3.10. The van der Waals surface area contributed by atoms with Gasteiger partial charge in [-0.05, 0) is 49.8 Å². The summed E-state index contributed by atoms with van der Waals surface area (Å²) in [6.45, 7) is 8.66. The summed E-state index contributed by atoms with van der Waals surface area (Å²) in [7, 11) is 0. The Kier molecular flexibility index (Phi) is 5.85. The second-order valence-corrected chi connectivity index (χ2v) is 9.33. The smallest absolute Gasteiger partial charge is 0.414 e. The molecule has 0 bridgehead atoms. The molecule has 31 heavy (non-hydrogen) atoms. The second kappa shape index (κ2) is 8.43. The van der Waals surface area contributed by atoms with E-state index in [0.717, 1.165) is 38.9 Å². The molecule has 1 heterocycles. The van der Waals surface area contributed by atoms with Gasteiger partial charge >= 0.3 is 6.09 Å². The molecule has 1 aliphatic heterocycles. The fourth-order valence-corrected chi connectivity index (χ4v) is 4.41. The molecule has 162 valence electrons. The number of rotatable bonds is 4. The Bertz CT molecular complexity index is 1110. The van der Waals surface area contributed by atoms with Crippen LogP contribution in [0.15, 0.2) is 54.6 Å². The Hall–Kier alpha value is -2.72. The Labute approximate surface area is 188 Å². The quantitative estimate of drug-likeness (QED) is 0.421. The molecule has 0 radical (unpaired) electrons. The first kappa shape index (κ1) is 21.5. The van der Waals surface area contributed by atoms with Gasteiger partial charge in [-0.25, -0.2) is 4.79 Å². The van der Waals surface area contributed by atoms with E-state index in [0.29, 0.717) is 19.0 Å². The Morgan fingerprint density at radius 1 is 1.13 bits per heavy atom. The first-order chi connectivity index (χ1) is 14.8. The molecule has 0 aromatic heterocycles. The lowest BCUT2D eigenvalue weighted by atomic mass is 9.93. The minimum Gasteiger partial charge on any atom is -0.488 e. The zero-order valence-corrected chi connectivity index (χ0v) is 19.2. The van der Waals surface area contributed by atoms with Crippen LogP contribution in [0.5, 0.6) is 5.75 Å². The summed E-state index contributed by atoms with van der Waals surface area (Å²) in [6.07, 6.45) is -0.359. The summed E-state index contributed by atoms with van der Waals surface area (Å²) in [5.41, 5.74) is 3.56. The lowest BCUT2D eigenvalue weighted by molar-refractivity contribution is 0.0582. The molecular weight excluding hydrogens is 410 g/mol. The Morgan fingerprint density at radius 2 is 1.87 bits per heavy atom. The molecule has 1 aliphatic rings. The van der Waals surface area contributed by atoms with Crippen molar-refractivity contribution in [1.29, 1.82) is 0 Å². The van der Waals surface area contributed by atoms with Crippen molar-refractivity contribution in [2.24, 2.45) is 0 Å². The van der Waals surface area contributed by atoms with Crippen LogP contribution in [0.1, 0.15) is 43.4 Å². The minimum absolute atomic E-state index is 0.0386. The van der Waals surface area contributed by atoms with Crippen molar-refractivity contribution in [1.82, 2.24) is 0 Å². The number of alkyl halides is 1. The lowest BCUT2D eigenvalue weighted by Crippen LogP contribution is -2.36. The van der Waals surface area contributed by atoms with Crippen molar-refractivity contribution in [3.63, 3.8) is 0 Å². The number of fused-ring (bicyclic) bond motifs is 3. The van der Waals surface area contributed by atoms with Gasteiger partial charge in [0.25, 0.3) is 0 Å². The van der Waals surface area contributed by atoms with Gasteiger partial charge in [0.05, 0.1) is 5.69 Å². The molecule has 1 atom stereocenters. The van der Waals surface area contributed by atoms with Crippen LogP contribution in [0.4, 0.5) is 10.5 Å². The third-order valence-corrected chi connectivity index (χ3v) is 5.86. The molecule has 1 amide bonds. The number of ether oxygens (including phenoxy) is 2. The number of carbonyl (C=O) groups is 1. The van der Waals surface area contributed by atoms with E-state index in [1.807, 2.05) is 63.2 Å². The average molecular weight is 438 g/mol. The van der Waals surface area contributed by atoms with Gasteiger partial charge in [-0.1, -0.05) is 48.5 Å². The maximum Gasteiger partial charge on any atom is 0.414 e. The fraction of sp³-hybridized carbons (Fsp3) is 0.346. The first-order valence-corrected chi connectivity index (χ1v) is 11.1. The van der Waals surface area contributed by atoms with E-state index in [4.69, 9.17) is 21.1 Å². The van der Waals surface area contributed by atoms with E-state index in [-0.39, 0.29) is 12.0 Å². The van der Waals surface area contributed by atoms with Gasteiger partial charge in [0.2, 0.25) is 0 Å². The molecule has 5 heteroatoms. The summed E-state index contributed by atoms with van der Waals surface area (Å²) in [4.78, 5) is 14.7. The standard InChI is InChI=1S/C26H28ClNO3/c1-17-9-8-12-20-23(17)22(30-16-18-10-6-5-7-11-18)13-21-24(20)19(14-27)15-28(21)25(29)31-26(2,3)4/h5-13,19H,14-16H2,1-4H3. The maximum atomic E-state index is 13.0. The van der Waals surface area contributed by atoms with Crippen LogP contribution in [0.25, 0.3) is 10.8 Å². The minimum atomic E-state index is -0.573. The van der Waals surface area contributed by atoms with Crippen LogP contribution < -0.4 is 9.64 Å². The van der Waals surface area contributed by atoms with Gasteiger partial charge < -0.3 is 9.47 Å². The maximum absolute atomic E-state index is 13.0. The number of hydrogen-bond donors (Lipinski definition) is 0. The number of anilines is 1. The SMILES string of the molecule is Cc1cccc2c3c(cc(OCc4ccccc4)c12)N(C(=O)OC(C)(C)C)CC3CCl. The molecule has 4 rings (SSSR count). The summed E-state index contributed by atoms with van der Waals surface area (Å²) in [5, 5.41) is 2.15. The van der Waals surface area contributed by atoms with Crippen LogP contribution in [0.2, 0.25) is 0 Å². The van der Waals surface area contributed by atoms with Crippen LogP contribution in [0, 0.1) is 6.92 Å². The highest BCUT2D eigenvalue weighted by molar-refractivity contribution is 6.19. The molecular formula is C26H28ClNO3. The monoisotopic (exact) mass is 437 g/mol. The third kappa shape index (κ3) is 4.35. The van der Waals surface area contributed by atoms with E-state index < -0.39 is 5.60 Å². The van der Waals surface area contributed by atoms with Crippen molar-refractivity contribution in [2.45, 2.75) is 45.8 Å². The first-order valence-electron chi connectivity index (χ1n) is 10.6. The summed E-state index contributed by atoms with van der Waals surface area (Å²) in [5.74, 6) is 1.23. The molecule has 0 saturated carbocycles. The summed E-state index contributed by atoms with van der Waals surface area (Å²) >= 11 is 6.35. The van der Waals surface area contributed by atoms with Gasteiger partial charge in [0.1, 0.15) is 18.0 Å². The van der Waals surface area contributed by atoms with Gasteiger partial charge in [-0.3, -0.25) is 4.90 Å². The topological polar surface area (TPSA) is 38.8 Å². The van der Waals surface area contributed by atoms with Crippen LogP contribution in [-0.2, 0) is 11.3 Å². The number of carbonyl (C=O) groups excluding carboxylic acids is 1. The summed E-state index contributed by atoms with van der Waals surface area (Å²) in [6, 6.07) is 18.3. The van der Waals surface area contributed by atoms with Crippen molar-refractivity contribution in [2.75, 3.05) is 17.3 Å². The zero-order chi connectivity index (χ0) is 22.2. The fourth-order valence-electron chi connectivity index (χ4n) is 4.16. The van der Waals surface area contributed by atoms with Gasteiger partial charge in [-0.2, -0.15) is 0 Å². The number of hydrogen-bond acceptors (Lipinski definition) is 3. The van der Waals surface area contributed by atoms with Crippen LogP contribution in [-0.4, -0.2) is 24.1 Å². The largest absolute Gasteiger partial charge is 0.488 e. The third-order valence-electron chi connectivity index (χ3n) is 5.49. The van der Waals surface area contributed by atoms with E-state index in [1.54, 1.807) is 4.90 Å². The molecule has 3 aromatic rings. The van der Waals surface area contributed by atoms with Crippen molar-refractivity contribution in [3.05, 3.63) is 71.3 Å². The molecule has 0 N–H and O–H groups in total. The lowest BCUT2D eigenvalue weighted by Gasteiger charge is -2.25. The molecule has 0 saturated heterocycles. The zero-order valence-electron chi connectivity index (χ0n) is 18.4. The molecule has 0 spiro atoms. The Morgan fingerprint density at radius 3 is 2.55 bits per heavy atom. The van der Waals surface area contributed by atoms with Crippen LogP contribution >= 0.6 is 11.6 Å².